The quantitative estimate of drug-likeness (QED) is 0.608. The molecule has 1 rings (SSSR count). The molecule has 0 fully saturated rings. The molecule has 1 aromatic heterocycles. The topological polar surface area (TPSA) is 130 Å². The Labute approximate surface area is 156 Å². The number of anilines is 1. The highest BCUT2D eigenvalue weighted by Crippen LogP contribution is 2.27. The second-order valence-electron chi connectivity index (χ2n) is 7.59. The van der Waals surface area contributed by atoms with Crippen molar-refractivity contribution in [3.8, 4) is 0 Å². The van der Waals surface area contributed by atoms with Gasteiger partial charge in [-0.2, -0.15) is 0 Å². The van der Waals surface area contributed by atoms with Crippen molar-refractivity contribution in [1.29, 1.82) is 0 Å². The molecular weight excluding hydrogens is 362 g/mol. The Kier molecular flexibility index (Phi) is 7.36. The Balaban J connectivity index is 2.54. The number of rotatable bonds is 5. The first kappa shape index (κ1) is 22.1. The monoisotopic (exact) mass is 389 g/mol. The molecule has 0 bridgehead atoms. The minimum Gasteiger partial charge on any atom is -0.444 e. The SMILES string of the molecule is CC(C)(C)OC(=O)NCC(O)C(O)c1cnc(NC(=O)OC(C)(C)C)s1. The first-order chi connectivity index (χ1) is 11.8. The lowest BCUT2D eigenvalue weighted by molar-refractivity contribution is 0.0145. The second kappa shape index (κ2) is 8.65. The van der Waals surface area contributed by atoms with E-state index >= 15 is 0 Å². The molecule has 26 heavy (non-hydrogen) atoms. The van der Waals surface area contributed by atoms with Crippen LogP contribution in [0.2, 0.25) is 0 Å². The van der Waals surface area contributed by atoms with E-state index in [9.17, 15) is 19.8 Å². The van der Waals surface area contributed by atoms with Crippen LogP contribution in [0, 0.1) is 0 Å². The predicted octanol–water partition coefficient (Wildman–Crippen LogP) is 2.41. The Morgan fingerprint density at radius 1 is 1.12 bits per heavy atom. The average molecular weight is 389 g/mol. The summed E-state index contributed by atoms with van der Waals surface area (Å²) in [5.74, 6) is 0. The van der Waals surface area contributed by atoms with E-state index < -0.39 is 35.6 Å². The molecule has 9 nitrogen and oxygen atoms in total. The van der Waals surface area contributed by atoms with Gasteiger partial charge in [-0.25, -0.2) is 14.6 Å². The summed E-state index contributed by atoms with van der Waals surface area (Å²) in [6.07, 6.45) is -2.58. The number of carbonyl (C=O) groups excluding carboxylic acids is 2. The van der Waals surface area contributed by atoms with Crippen LogP contribution >= 0.6 is 11.3 Å². The van der Waals surface area contributed by atoms with Gasteiger partial charge in [0.1, 0.15) is 23.4 Å². The van der Waals surface area contributed by atoms with Gasteiger partial charge in [0.15, 0.2) is 5.13 Å². The fourth-order valence-electron chi connectivity index (χ4n) is 1.68. The minimum absolute atomic E-state index is 0.206. The summed E-state index contributed by atoms with van der Waals surface area (Å²) < 4.78 is 10.2. The summed E-state index contributed by atoms with van der Waals surface area (Å²) in [5, 5.41) is 25.2. The molecule has 0 saturated carbocycles. The Morgan fingerprint density at radius 3 is 2.19 bits per heavy atom. The third-order valence-electron chi connectivity index (χ3n) is 2.64. The van der Waals surface area contributed by atoms with Gasteiger partial charge >= 0.3 is 12.2 Å². The first-order valence-electron chi connectivity index (χ1n) is 8.05. The fraction of sp³-hybridized carbons (Fsp3) is 0.688. The van der Waals surface area contributed by atoms with Gasteiger partial charge in [0, 0.05) is 12.7 Å². The maximum atomic E-state index is 11.7. The van der Waals surface area contributed by atoms with Crippen LogP contribution in [0.5, 0.6) is 0 Å². The lowest BCUT2D eigenvalue weighted by Gasteiger charge is -2.21. The largest absolute Gasteiger partial charge is 0.444 e. The number of aliphatic hydroxyl groups excluding tert-OH is 2. The number of aromatic nitrogens is 1. The highest BCUT2D eigenvalue weighted by molar-refractivity contribution is 7.15. The van der Waals surface area contributed by atoms with E-state index in [0.717, 1.165) is 11.3 Å². The third kappa shape index (κ3) is 8.45. The maximum absolute atomic E-state index is 11.7. The molecule has 2 unspecified atom stereocenters. The number of amides is 2. The second-order valence-corrected chi connectivity index (χ2v) is 8.65. The van der Waals surface area contributed by atoms with E-state index in [0.29, 0.717) is 4.88 Å². The van der Waals surface area contributed by atoms with Gasteiger partial charge in [-0.3, -0.25) is 5.32 Å². The maximum Gasteiger partial charge on any atom is 0.413 e. The predicted molar refractivity (Wildman–Crippen MR) is 97.2 cm³/mol. The molecule has 1 heterocycles. The molecule has 0 aliphatic carbocycles. The summed E-state index contributed by atoms with van der Waals surface area (Å²) in [6, 6.07) is 0. The summed E-state index contributed by atoms with van der Waals surface area (Å²) in [4.78, 5) is 27.5. The molecule has 4 N–H and O–H groups in total. The van der Waals surface area contributed by atoms with E-state index in [1.54, 1.807) is 41.5 Å². The van der Waals surface area contributed by atoms with Crippen molar-refractivity contribution in [3.63, 3.8) is 0 Å². The molecule has 10 heteroatoms. The summed E-state index contributed by atoms with van der Waals surface area (Å²) >= 11 is 0.991. The number of ether oxygens (including phenoxy) is 2. The number of hydrogen-bond acceptors (Lipinski definition) is 8. The number of aliphatic hydroxyl groups is 2. The lowest BCUT2D eigenvalue weighted by atomic mass is 10.2. The number of hydrogen-bond donors (Lipinski definition) is 4. The summed E-state index contributed by atoms with van der Waals surface area (Å²) in [5.41, 5.74) is -1.30. The molecule has 0 saturated heterocycles. The number of thiazole rings is 1. The highest BCUT2D eigenvalue weighted by atomic mass is 32.1. The van der Waals surface area contributed by atoms with Crippen LogP contribution in [0.15, 0.2) is 6.20 Å². The Bertz CT molecular complexity index is 620. The molecule has 148 valence electrons. The van der Waals surface area contributed by atoms with Crippen molar-refractivity contribution in [1.82, 2.24) is 10.3 Å². The van der Waals surface area contributed by atoms with E-state index in [4.69, 9.17) is 9.47 Å². The van der Waals surface area contributed by atoms with Crippen molar-refractivity contribution in [2.75, 3.05) is 11.9 Å². The van der Waals surface area contributed by atoms with Crippen molar-refractivity contribution >= 4 is 28.7 Å². The van der Waals surface area contributed by atoms with Gasteiger partial charge in [0.2, 0.25) is 0 Å². The van der Waals surface area contributed by atoms with Crippen LogP contribution in [0.1, 0.15) is 52.5 Å². The minimum atomic E-state index is -1.28. The Hall–Kier alpha value is -1.91. The van der Waals surface area contributed by atoms with Crippen LogP contribution in [-0.2, 0) is 9.47 Å². The molecule has 2 atom stereocenters. The molecule has 0 aliphatic heterocycles. The van der Waals surface area contributed by atoms with E-state index in [2.05, 4.69) is 15.6 Å². The number of carbonyl (C=O) groups is 2. The molecule has 2 amide bonds. The van der Waals surface area contributed by atoms with E-state index in [1.807, 2.05) is 0 Å². The van der Waals surface area contributed by atoms with Crippen LogP contribution in [-0.4, -0.2) is 51.2 Å². The van der Waals surface area contributed by atoms with Gasteiger partial charge in [0.25, 0.3) is 0 Å². The van der Waals surface area contributed by atoms with Gasteiger partial charge in [0.05, 0.1) is 4.88 Å². The summed E-state index contributed by atoms with van der Waals surface area (Å²) in [6.45, 7) is 10.1. The normalized spacial score (nSPS) is 14.3. The van der Waals surface area contributed by atoms with Crippen molar-refractivity contribution in [3.05, 3.63) is 11.1 Å². The number of alkyl carbamates (subject to hydrolysis) is 1. The first-order valence-corrected chi connectivity index (χ1v) is 8.87. The van der Waals surface area contributed by atoms with Crippen LogP contribution in [0.3, 0.4) is 0 Å². The van der Waals surface area contributed by atoms with Crippen molar-refractivity contribution < 1.29 is 29.3 Å². The molecule has 0 aliphatic rings. The number of nitrogens with zero attached hydrogens (tertiary/aromatic N) is 1. The van der Waals surface area contributed by atoms with Gasteiger partial charge in [-0.15, -0.1) is 0 Å². The lowest BCUT2D eigenvalue weighted by Crippen LogP contribution is -2.38. The molecule has 0 spiro atoms. The Morgan fingerprint density at radius 2 is 1.65 bits per heavy atom. The summed E-state index contributed by atoms with van der Waals surface area (Å²) in [7, 11) is 0. The average Bonchev–Trinajstić information content (AvgIpc) is 2.88. The van der Waals surface area contributed by atoms with Crippen molar-refractivity contribution in [2.45, 2.75) is 65.0 Å². The smallest absolute Gasteiger partial charge is 0.413 e. The third-order valence-corrected chi connectivity index (χ3v) is 3.63. The van der Waals surface area contributed by atoms with E-state index in [1.165, 1.54) is 6.20 Å². The van der Waals surface area contributed by atoms with Crippen LogP contribution in [0.4, 0.5) is 14.7 Å². The molecule has 0 radical (unpaired) electrons. The zero-order chi connectivity index (χ0) is 20.1. The molecular formula is C16H27N3O6S. The van der Waals surface area contributed by atoms with E-state index in [-0.39, 0.29) is 11.7 Å². The van der Waals surface area contributed by atoms with Crippen LogP contribution in [0.25, 0.3) is 0 Å². The van der Waals surface area contributed by atoms with Gasteiger partial charge < -0.3 is 25.0 Å². The molecule has 1 aromatic rings. The van der Waals surface area contributed by atoms with Gasteiger partial charge in [-0.05, 0) is 41.5 Å². The van der Waals surface area contributed by atoms with Crippen LogP contribution < -0.4 is 10.6 Å². The number of nitrogens with one attached hydrogen (secondary N) is 2. The fourth-order valence-corrected chi connectivity index (χ4v) is 2.52. The van der Waals surface area contributed by atoms with Crippen molar-refractivity contribution in [2.24, 2.45) is 0 Å². The highest BCUT2D eigenvalue weighted by Gasteiger charge is 2.24. The van der Waals surface area contributed by atoms with Gasteiger partial charge in [-0.1, -0.05) is 11.3 Å². The molecule has 0 aromatic carbocycles. The standard InChI is InChI=1S/C16H27N3O6S/c1-15(2,3)24-13(22)18-7-9(20)11(21)10-8-17-12(26-10)19-14(23)25-16(4,5)6/h8-9,11,20-21H,7H2,1-6H3,(H,18,22)(H,17,19,23). The zero-order valence-electron chi connectivity index (χ0n) is 15.8. The zero-order valence-corrected chi connectivity index (χ0v) is 16.6.